The molecule has 0 unspecified atom stereocenters. The van der Waals surface area contributed by atoms with Crippen molar-refractivity contribution in [2.45, 2.75) is 18.2 Å². The first-order chi connectivity index (χ1) is 13.8. The average Bonchev–Trinajstić information content (AvgIpc) is 2.73. The van der Waals surface area contributed by atoms with Gasteiger partial charge < -0.3 is 9.64 Å². The number of benzene rings is 2. The molecule has 2 aromatic rings. The number of nitriles is 1. The van der Waals surface area contributed by atoms with Crippen LogP contribution in [0.3, 0.4) is 0 Å². The quantitative estimate of drug-likeness (QED) is 0.659. The summed E-state index contributed by atoms with van der Waals surface area (Å²) >= 11 is 0. The maximum atomic E-state index is 12.6. The van der Waals surface area contributed by atoms with Crippen LogP contribution in [-0.4, -0.2) is 40.5 Å². The Hall–Kier alpha value is -3.22. The molecule has 0 spiro atoms. The van der Waals surface area contributed by atoms with Gasteiger partial charge in [0.1, 0.15) is 0 Å². The topological polar surface area (TPSA) is 117 Å². The van der Waals surface area contributed by atoms with Crippen LogP contribution in [0.2, 0.25) is 0 Å². The lowest BCUT2D eigenvalue weighted by atomic mass is 10.2. The molecule has 0 aliphatic heterocycles. The molecule has 2 aromatic carbocycles. The summed E-state index contributed by atoms with van der Waals surface area (Å²) in [6.45, 7) is 1.53. The number of nitrogens with zero attached hydrogens (tertiary/aromatic N) is 2. The van der Waals surface area contributed by atoms with Gasteiger partial charge in [0.2, 0.25) is 10.0 Å². The zero-order valence-electron chi connectivity index (χ0n) is 16.1. The molecule has 0 heterocycles. The number of aryl methyl sites for hydroxylation is 1. The zero-order chi connectivity index (χ0) is 21.4. The summed E-state index contributed by atoms with van der Waals surface area (Å²) in [5.41, 5.74) is 1.62. The third-order valence-electron chi connectivity index (χ3n) is 4.07. The van der Waals surface area contributed by atoms with Crippen molar-refractivity contribution in [2.24, 2.45) is 0 Å². The molecule has 152 valence electrons. The van der Waals surface area contributed by atoms with Crippen molar-refractivity contribution in [3.05, 3.63) is 59.7 Å². The van der Waals surface area contributed by atoms with Crippen LogP contribution in [0, 0.1) is 18.3 Å². The Morgan fingerprint density at radius 3 is 2.48 bits per heavy atom. The normalized spacial score (nSPS) is 10.8. The minimum absolute atomic E-state index is 0.00744. The summed E-state index contributed by atoms with van der Waals surface area (Å²) in [6.07, 6.45) is 0.123. The van der Waals surface area contributed by atoms with E-state index in [9.17, 15) is 18.0 Å². The maximum absolute atomic E-state index is 12.6. The van der Waals surface area contributed by atoms with Gasteiger partial charge in [-0.3, -0.25) is 4.79 Å². The second-order valence-corrected chi connectivity index (χ2v) is 7.99. The van der Waals surface area contributed by atoms with Crippen molar-refractivity contribution in [1.82, 2.24) is 4.72 Å². The lowest BCUT2D eigenvalue weighted by molar-refractivity contribution is -0.121. The minimum Gasteiger partial charge on any atom is -0.452 e. The van der Waals surface area contributed by atoms with Gasteiger partial charge in [0.05, 0.1) is 22.9 Å². The number of sulfonamides is 1. The van der Waals surface area contributed by atoms with E-state index in [-0.39, 0.29) is 23.4 Å². The molecule has 0 fully saturated rings. The fourth-order valence-electron chi connectivity index (χ4n) is 2.48. The lowest BCUT2D eigenvalue weighted by Crippen LogP contribution is -2.35. The molecule has 1 N–H and O–H groups in total. The van der Waals surface area contributed by atoms with Crippen LogP contribution in [0.15, 0.2) is 53.4 Å². The standard InChI is InChI=1S/C20H21N3O5S/c1-15-7-9-17(10-8-15)23(12-4-11-21)19(24)14-28-20(25)16-5-3-6-18(13-16)29(26,27)22-2/h3,5-10,13,22H,4,12,14H2,1-2H3. The summed E-state index contributed by atoms with van der Waals surface area (Å²) in [7, 11) is -2.45. The average molecular weight is 415 g/mol. The van der Waals surface area contributed by atoms with E-state index < -0.39 is 28.5 Å². The van der Waals surface area contributed by atoms with Gasteiger partial charge in [-0.05, 0) is 44.3 Å². The second-order valence-electron chi connectivity index (χ2n) is 6.10. The molecule has 2 rings (SSSR count). The molecule has 0 atom stereocenters. The van der Waals surface area contributed by atoms with Crippen LogP contribution in [0.1, 0.15) is 22.3 Å². The Bertz CT molecular complexity index is 1030. The molecule has 0 aromatic heterocycles. The fourth-order valence-corrected chi connectivity index (χ4v) is 3.26. The van der Waals surface area contributed by atoms with Crippen molar-refractivity contribution >= 4 is 27.6 Å². The predicted molar refractivity (Wildman–Crippen MR) is 107 cm³/mol. The Kier molecular flexibility index (Phi) is 7.47. The van der Waals surface area contributed by atoms with Crippen LogP contribution in [-0.2, 0) is 19.6 Å². The highest BCUT2D eigenvalue weighted by molar-refractivity contribution is 7.89. The monoisotopic (exact) mass is 415 g/mol. The number of esters is 1. The first kappa shape index (κ1) is 22.1. The molecule has 0 saturated heterocycles. The Morgan fingerprint density at radius 2 is 1.86 bits per heavy atom. The Balaban J connectivity index is 2.11. The first-order valence-electron chi connectivity index (χ1n) is 8.73. The number of hydrogen-bond donors (Lipinski definition) is 1. The van der Waals surface area contributed by atoms with Crippen molar-refractivity contribution < 1.29 is 22.7 Å². The van der Waals surface area contributed by atoms with E-state index in [1.165, 1.54) is 36.2 Å². The summed E-state index contributed by atoms with van der Waals surface area (Å²) in [6, 6.07) is 14.5. The highest BCUT2D eigenvalue weighted by atomic mass is 32.2. The van der Waals surface area contributed by atoms with Gasteiger partial charge in [-0.15, -0.1) is 0 Å². The predicted octanol–water partition coefficient (Wildman–Crippen LogP) is 2.01. The van der Waals surface area contributed by atoms with Crippen molar-refractivity contribution in [2.75, 3.05) is 25.1 Å². The zero-order valence-corrected chi connectivity index (χ0v) is 16.9. The molecular weight excluding hydrogens is 394 g/mol. The molecule has 0 aliphatic carbocycles. The second kappa shape index (κ2) is 9.82. The summed E-state index contributed by atoms with van der Waals surface area (Å²) < 4.78 is 31.0. The number of hydrogen-bond acceptors (Lipinski definition) is 6. The van der Waals surface area contributed by atoms with Gasteiger partial charge in [-0.1, -0.05) is 23.8 Å². The minimum atomic E-state index is -3.71. The molecule has 0 aliphatic rings. The third-order valence-corrected chi connectivity index (χ3v) is 5.48. The number of ether oxygens (including phenoxy) is 1. The van der Waals surface area contributed by atoms with Gasteiger partial charge in [-0.2, -0.15) is 5.26 Å². The van der Waals surface area contributed by atoms with E-state index >= 15 is 0 Å². The first-order valence-corrected chi connectivity index (χ1v) is 10.2. The van der Waals surface area contributed by atoms with Crippen molar-refractivity contribution in [3.63, 3.8) is 0 Å². The van der Waals surface area contributed by atoms with E-state index in [2.05, 4.69) is 4.72 Å². The van der Waals surface area contributed by atoms with Gasteiger partial charge in [-0.25, -0.2) is 17.9 Å². The van der Waals surface area contributed by atoms with Crippen LogP contribution < -0.4 is 9.62 Å². The number of anilines is 1. The number of nitrogens with one attached hydrogen (secondary N) is 1. The SMILES string of the molecule is CNS(=O)(=O)c1cccc(C(=O)OCC(=O)N(CCC#N)c2ccc(C)cc2)c1. The van der Waals surface area contributed by atoms with Crippen LogP contribution >= 0.6 is 0 Å². The largest absolute Gasteiger partial charge is 0.452 e. The number of rotatable bonds is 8. The summed E-state index contributed by atoms with van der Waals surface area (Å²) in [4.78, 5) is 26.1. The molecule has 29 heavy (non-hydrogen) atoms. The summed E-state index contributed by atoms with van der Waals surface area (Å²) in [5.74, 6) is -1.31. The van der Waals surface area contributed by atoms with Crippen LogP contribution in [0.25, 0.3) is 0 Å². The number of carbonyl (C=O) groups excluding carboxylic acids is 2. The van der Waals surface area contributed by atoms with Gasteiger partial charge in [0.25, 0.3) is 5.91 Å². The van der Waals surface area contributed by atoms with Gasteiger partial charge in [0, 0.05) is 12.2 Å². The van der Waals surface area contributed by atoms with Gasteiger partial charge in [0.15, 0.2) is 6.61 Å². The molecule has 0 saturated carbocycles. The molecule has 1 amide bonds. The van der Waals surface area contributed by atoms with E-state index in [4.69, 9.17) is 10.00 Å². The van der Waals surface area contributed by atoms with Crippen LogP contribution in [0.5, 0.6) is 0 Å². The highest BCUT2D eigenvalue weighted by Crippen LogP contribution is 2.17. The fraction of sp³-hybridized carbons (Fsp3) is 0.250. The van der Waals surface area contributed by atoms with E-state index in [0.717, 1.165) is 5.56 Å². The van der Waals surface area contributed by atoms with Gasteiger partial charge >= 0.3 is 5.97 Å². The molecular formula is C20H21N3O5S. The molecule has 0 radical (unpaired) electrons. The Morgan fingerprint density at radius 1 is 1.17 bits per heavy atom. The number of amides is 1. The maximum Gasteiger partial charge on any atom is 0.338 e. The molecule has 8 nitrogen and oxygen atoms in total. The lowest BCUT2D eigenvalue weighted by Gasteiger charge is -2.21. The Labute approximate surface area is 169 Å². The van der Waals surface area contributed by atoms with Crippen LogP contribution in [0.4, 0.5) is 5.69 Å². The van der Waals surface area contributed by atoms with Crippen molar-refractivity contribution in [1.29, 1.82) is 5.26 Å². The van der Waals surface area contributed by atoms with E-state index in [0.29, 0.717) is 5.69 Å². The summed E-state index contributed by atoms with van der Waals surface area (Å²) in [5, 5.41) is 8.84. The highest BCUT2D eigenvalue weighted by Gasteiger charge is 2.19. The van der Waals surface area contributed by atoms with E-state index in [1.807, 2.05) is 25.1 Å². The smallest absolute Gasteiger partial charge is 0.338 e. The molecule has 9 heteroatoms. The van der Waals surface area contributed by atoms with E-state index in [1.54, 1.807) is 12.1 Å². The van der Waals surface area contributed by atoms with Crippen molar-refractivity contribution in [3.8, 4) is 6.07 Å². The molecule has 0 bridgehead atoms. The number of carbonyl (C=O) groups is 2. The third kappa shape index (κ3) is 5.88.